The minimum Gasteiger partial charge on any atom is -0.0654 e. The molecule has 0 saturated carbocycles. The van der Waals surface area contributed by atoms with E-state index in [1.807, 2.05) is 0 Å². The van der Waals surface area contributed by atoms with Gasteiger partial charge in [-0.05, 0) is 5.92 Å². The van der Waals surface area contributed by atoms with E-state index < -0.39 is 0 Å². The van der Waals surface area contributed by atoms with Crippen molar-refractivity contribution in [3.63, 3.8) is 0 Å². The Balaban J connectivity index is 3.25. The van der Waals surface area contributed by atoms with Gasteiger partial charge in [0.15, 0.2) is 0 Å². The molecule has 0 rings (SSSR count). The topological polar surface area (TPSA) is 0 Å². The molecule has 0 amide bonds. The van der Waals surface area contributed by atoms with E-state index in [-0.39, 0.29) is 0 Å². The average Bonchev–Trinajstić information content (AvgIpc) is 2.62. The molecule has 0 aliphatic rings. The third kappa shape index (κ3) is 20.2. The van der Waals surface area contributed by atoms with Crippen molar-refractivity contribution in [1.29, 1.82) is 0 Å². The molecule has 0 nitrogen and oxygen atoms in total. The molecule has 1 atom stereocenters. The maximum Gasteiger partial charge on any atom is -0.0414 e. The van der Waals surface area contributed by atoms with E-state index in [0.29, 0.717) is 0 Å². The van der Waals surface area contributed by atoms with E-state index in [0.717, 1.165) is 12.3 Å². The van der Waals surface area contributed by atoms with Crippen LogP contribution in [0.4, 0.5) is 0 Å². The minimum atomic E-state index is 0.973. The molecule has 0 fully saturated rings. The zero-order chi connectivity index (χ0) is 18.4. The number of hydrogen-bond acceptors (Lipinski definition) is 0. The molecule has 0 aliphatic heterocycles. The van der Waals surface area contributed by atoms with Gasteiger partial charge in [-0.15, -0.1) is 0 Å². The van der Waals surface area contributed by atoms with Gasteiger partial charge in [0.05, 0.1) is 0 Å². The lowest BCUT2D eigenvalue weighted by Crippen LogP contribution is -2.00. The normalized spacial score (nSPS) is 12.6. The maximum absolute atomic E-state index is 4.07. The second-order valence-corrected chi connectivity index (χ2v) is 8.39. The van der Waals surface area contributed by atoms with E-state index in [9.17, 15) is 0 Å². The first-order chi connectivity index (χ1) is 12.3. The summed E-state index contributed by atoms with van der Waals surface area (Å²) in [6.07, 6.45) is 30.2. The lowest BCUT2D eigenvalue weighted by molar-refractivity contribution is 0.385. The van der Waals surface area contributed by atoms with Crippen LogP contribution in [0.5, 0.6) is 0 Å². The monoisotopic (exact) mass is 351 g/mol. The van der Waals surface area contributed by atoms with Crippen LogP contribution in [-0.4, -0.2) is 0 Å². The van der Waals surface area contributed by atoms with Gasteiger partial charge in [-0.1, -0.05) is 156 Å². The van der Waals surface area contributed by atoms with Crippen LogP contribution >= 0.6 is 0 Å². The Labute approximate surface area is 161 Å². The van der Waals surface area contributed by atoms with Crippen LogP contribution in [0.2, 0.25) is 0 Å². The molecular formula is C25H51. The number of rotatable bonds is 21. The van der Waals surface area contributed by atoms with Crippen molar-refractivity contribution in [3.8, 4) is 0 Å². The first-order valence-corrected chi connectivity index (χ1v) is 12.1. The summed E-state index contributed by atoms with van der Waals surface area (Å²) >= 11 is 0. The summed E-state index contributed by atoms with van der Waals surface area (Å²) in [6.45, 7) is 8.68. The van der Waals surface area contributed by atoms with Crippen LogP contribution < -0.4 is 0 Å². The standard InChI is InChI=1S/C25H51/c1-4-7-9-10-11-12-13-14-15-16-17-18-19-21-24-25(22-6-3)23-20-8-5-2/h25H,3-24H2,1-2H3. The minimum absolute atomic E-state index is 0.973. The van der Waals surface area contributed by atoms with Crippen molar-refractivity contribution in [1.82, 2.24) is 0 Å². The maximum atomic E-state index is 4.07. The van der Waals surface area contributed by atoms with Crippen LogP contribution in [0.25, 0.3) is 0 Å². The molecule has 0 aromatic carbocycles. The van der Waals surface area contributed by atoms with Crippen molar-refractivity contribution in [2.24, 2.45) is 5.92 Å². The lowest BCUT2D eigenvalue weighted by atomic mass is 9.91. The summed E-state index contributed by atoms with van der Waals surface area (Å²) in [7, 11) is 0. The van der Waals surface area contributed by atoms with Crippen molar-refractivity contribution in [2.45, 2.75) is 149 Å². The Morgan fingerprint density at radius 3 is 1.16 bits per heavy atom. The Morgan fingerprint density at radius 1 is 0.440 bits per heavy atom. The van der Waals surface area contributed by atoms with Gasteiger partial charge in [0.2, 0.25) is 0 Å². The molecule has 25 heavy (non-hydrogen) atoms. The summed E-state index contributed by atoms with van der Waals surface area (Å²) in [5.74, 6) is 0.973. The van der Waals surface area contributed by atoms with Crippen molar-refractivity contribution in [2.75, 3.05) is 0 Å². The Bertz CT molecular complexity index is 220. The van der Waals surface area contributed by atoms with E-state index >= 15 is 0 Å². The Morgan fingerprint density at radius 2 is 0.760 bits per heavy atom. The van der Waals surface area contributed by atoms with E-state index in [2.05, 4.69) is 20.8 Å². The second kappa shape index (κ2) is 22.0. The Hall–Kier alpha value is 0. The molecule has 0 N–H and O–H groups in total. The molecule has 0 aliphatic carbocycles. The fraction of sp³-hybridized carbons (Fsp3) is 0.960. The number of hydrogen-bond donors (Lipinski definition) is 0. The summed E-state index contributed by atoms with van der Waals surface area (Å²) < 4.78 is 0. The van der Waals surface area contributed by atoms with Crippen molar-refractivity contribution >= 4 is 0 Å². The van der Waals surface area contributed by atoms with E-state index in [1.54, 1.807) is 0 Å². The lowest BCUT2D eigenvalue weighted by Gasteiger charge is -2.15. The Kier molecular flexibility index (Phi) is 22.0. The smallest absolute Gasteiger partial charge is 0.0414 e. The third-order valence-corrected chi connectivity index (χ3v) is 5.79. The zero-order valence-corrected chi connectivity index (χ0v) is 18.1. The van der Waals surface area contributed by atoms with E-state index in [4.69, 9.17) is 0 Å². The molecule has 0 spiro atoms. The predicted octanol–water partition coefficient (Wildman–Crippen LogP) is 9.67. The molecule has 0 heterocycles. The molecule has 0 heteroatoms. The summed E-state index contributed by atoms with van der Waals surface area (Å²) in [6, 6.07) is 0. The molecule has 1 unspecified atom stereocenters. The van der Waals surface area contributed by atoms with Gasteiger partial charge in [-0.25, -0.2) is 0 Å². The van der Waals surface area contributed by atoms with Gasteiger partial charge >= 0.3 is 0 Å². The zero-order valence-electron chi connectivity index (χ0n) is 18.1. The van der Waals surface area contributed by atoms with Gasteiger partial charge in [0, 0.05) is 0 Å². The molecular weight excluding hydrogens is 300 g/mol. The highest BCUT2D eigenvalue weighted by Crippen LogP contribution is 2.22. The fourth-order valence-electron chi connectivity index (χ4n) is 4.03. The van der Waals surface area contributed by atoms with Crippen LogP contribution in [-0.2, 0) is 0 Å². The van der Waals surface area contributed by atoms with E-state index in [1.165, 1.54) is 128 Å². The SMILES string of the molecule is [CH2]CCC(CCCCC)CCCCCCCCCCCCCCCC. The molecule has 1 radical (unpaired) electrons. The fourth-order valence-corrected chi connectivity index (χ4v) is 4.03. The van der Waals surface area contributed by atoms with Crippen LogP contribution in [0.15, 0.2) is 0 Å². The molecule has 0 aromatic rings. The summed E-state index contributed by atoms with van der Waals surface area (Å²) in [5.41, 5.74) is 0. The number of unbranched alkanes of at least 4 members (excludes halogenated alkanes) is 15. The second-order valence-electron chi connectivity index (χ2n) is 8.39. The highest BCUT2D eigenvalue weighted by atomic mass is 14.1. The van der Waals surface area contributed by atoms with Crippen molar-refractivity contribution in [3.05, 3.63) is 6.92 Å². The van der Waals surface area contributed by atoms with Gasteiger partial charge in [-0.3, -0.25) is 0 Å². The first-order valence-electron chi connectivity index (χ1n) is 12.1. The molecule has 0 saturated heterocycles. The predicted molar refractivity (Wildman–Crippen MR) is 117 cm³/mol. The largest absolute Gasteiger partial charge is 0.0654 e. The third-order valence-electron chi connectivity index (χ3n) is 5.79. The van der Waals surface area contributed by atoms with Crippen LogP contribution in [0, 0.1) is 12.8 Å². The average molecular weight is 352 g/mol. The summed E-state index contributed by atoms with van der Waals surface area (Å²) in [5, 5.41) is 0. The molecule has 0 aromatic heterocycles. The molecule has 0 bridgehead atoms. The highest BCUT2D eigenvalue weighted by Gasteiger charge is 2.07. The van der Waals surface area contributed by atoms with Gasteiger partial charge in [-0.2, -0.15) is 0 Å². The van der Waals surface area contributed by atoms with Crippen LogP contribution in [0.3, 0.4) is 0 Å². The summed E-state index contributed by atoms with van der Waals surface area (Å²) in [4.78, 5) is 0. The molecule has 151 valence electrons. The van der Waals surface area contributed by atoms with Crippen molar-refractivity contribution < 1.29 is 0 Å². The van der Waals surface area contributed by atoms with Gasteiger partial charge in [0.1, 0.15) is 0 Å². The van der Waals surface area contributed by atoms with Gasteiger partial charge < -0.3 is 0 Å². The quantitative estimate of drug-likeness (QED) is 0.180. The first kappa shape index (κ1) is 25.0. The highest BCUT2D eigenvalue weighted by molar-refractivity contribution is 4.62. The van der Waals surface area contributed by atoms with Crippen LogP contribution in [0.1, 0.15) is 149 Å². The van der Waals surface area contributed by atoms with Gasteiger partial charge in [0.25, 0.3) is 0 Å².